The zero-order valence-corrected chi connectivity index (χ0v) is 52.9. The summed E-state index contributed by atoms with van der Waals surface area (Å²) in [7, 11) is 3.18. The number of nitrogens with zero attached hydrogens (tertiary/aromatic N) is 2. The van der Waals surface area contributed by atoms with E-state index < -0.39 is 69.0 Å². The fraction of sp³-hybridized carbons (Fsp3) is 0.600. The SMILES string of the molecule is CC1(C)CCC2(CC1)C[C@@H](C(=O)O)[C@H](c1ccnc(Cl)c1F)C21C(=O)Nc2cc(Cl)ccc21.CO[C@@H]1C[C@@H](CC(=O)[C@@H]2CC3(CCC(C)(C)CC3)[C@@]3(C(=O)Nc4cc(Cl)ccc43)[C@H]2c2ccnc(Cl)c2F)CO[C@@H]1CO.CO[C@@H]1C[C@@H](N)CO[C@@H]1CO. The molecule has 4 aliphatic carbocycles. The second kappa shape index (κ2) is 25.3. The maximum Gasteiger partial charge on any atom is 0.307 e. The first-order valence-electron chi connectivity index (χ1n) is 30.1. The molecule has 2 amide bonds. The molecule has 4 spiro atoms. The van der Waals surface area contributed by atoms with Crippen LogP contribution in [-0.2, 0) is 49.0 Å². The fourth-order valence-electron chi connectivity index (χ4n) is 16.9. The number of ketones is 1. The van der Waals surface area contributed by atoms with Gasteiger partial charge in [0, 0.05) is 78.2 Å². The number of methoxy groups -OCH3 is 2. The lowest BCUT2D eigenvalue weighted by Gasteiger charge is -2.51. The zero-order valence-electron chi connectivity index (χ0n) is 49.9. The van der Waals surface area contributed by atoms with Crippen molar-refractivity contribution < 1.29 is 62.2 Å². The van der Waals surface area contributed by atoms with Gasteiger partial charge in [0.05, 0.1) is 55.4 Å². The first-order chi connectivity index (χ1) is 41.3. The van der Waals surface area contributed by atoms with Crippen LogP contribution in [0.2, 0.25) is 20.4 Å². The first kappa shape index (κ1) is 65.5. The van der Waals surface area contributed by atoms with Gasteiger partial charge in [0.25, 0.3) is 0 Å². The van der Waals surface area contributed by atoms with E-state index in [9.17, 15) is 29.4 Å². The highest BCUT2D eigenvalue weighted by Crippen LogP contribution is 2.74. The number of nitrogens with one attached hydrogen (secondary N) is 2. The lowest BCUT2D eigenvalue weighted by Crippen LogP contribution is -2.52. The van der Waals surface area contributed by atoms with Gasteiger partial charge in [-0.3, -0.25) is 19.2 Å². The lowest BCUT2D eigenvalue weighted by molar-refractivity contribution is -0.142. The number of aliphatic hydroxyl groups is 2. The monoisotopic (exact) mass is 1280 g/mol. The highest BCUT2D eigenvalue weighted by Gasteiger charge is 2.74. The van der Waals surface area contributed by atoms with Crippen LogP contribution >= 0.6 is 46.4 Å². The van der Waals surface area contributed by atoms with Crippen molar-refractivity contribution >= 4 is 81.3 Å². The molecule has 2 aromatic carbocycles. The van der Waals surface area contributed by atoms with Crippen LogP contribution in [0.15, 0.2) is 60.9 Å². The number of aliphatic carboxylic acids is 1. The number of carboxylic acid groups (broad SMARTS) is 1. The third-order valence-corrected chi connectivity index (χ3v) is 22.4. The predicted octanol–water partition coefficient (Wildman–Crippen LogP) is 11.8. The molecule has 4 aliphatic heterocycles. The Bertz CT molecular complexity index is 3270. The number of ether oxygens (including phenoxy) is 4. The quantitative estimate of drug-likeness (QED) is 0.0810. The summed E-state index contributed by atoms with van der Waals surface area (Å²) in [5.41, 5.74) is 5.14. The van der Waals surface area contributed by atoms with Crippen LogP contribution in [0.3, 0.4) is 0 Å². The van der Waals surface area contributed by atoms with E-state index in [0.717, 1.165) is 50.5 Å². The summed E-state index contributed by atoms with van der Waals surface area (Å²) < 4.78 is 53.3. The molecule has 8 aliphatic rings. The number of amides is 2. The van der Waals surface area contributed by atoms with Crippen molar-refractivity contribution in [2.24, 2.45) is 45.1 Å². The molecule has 6 heterocycles. The van der Waals surface area contributed by atoms with Gasteiger partial charge in [-0.05, 0) is 163 Å². The average Bonchev–Trinajstić information content (AvgIpc) is 1.56. The topological polar surface area (TPSA) is 242 Å². The van der Waals surface area contributed by atoms with Crippen LogP contribution < -0.4 is 16.4 Å². The molecule has 87 heavy (non-hydrogen) atoms. The number of anilines is 2. The van der Waals surface area contributed by atoms with E-state index in [-0.39, 0.29) is 106 Å². The minimum Gasteiger partial charge on any atom is -0.481 e. The van der Waals surface area contributed by atoms with Gasteiger partial charge < -0.3 is 50.6 Å². The van der Waals surface area contributed by atoms with Gasteiger partial charge in [0.15, 0.2) is 21.9 Å². The largest absolute Gasteiger partial charge is 0.481 e. The number of hydrogen-bond donors (Lipinski definition) is 6. The Hall–Kier alpha value is -4.44. The molecule has 7 N–H and O–H groups in total. The number of carbonyl (C=O) groups is 4. The van der Waals surface area contributed by atoms with E-state index in [4.69, 9.17) is 76.2 Å². The molecular formula is C65H79Cl4F2N5O11. The second-order valence-electron chi connectivity index (χ2n) is 27.1. The second-order valence-corrected chi connectivity index (χ2v) is 28.7. The highest BCUT2D eigenvalue weighted by atomic mass is 35.5. The summed E-state index contributed by atoms with van der Waals surface area (Å²) in [6.07, 6.45) is 10.4. The number of halogens is 6. The molecule has 0 radical (unpaired) electrons. The summed E-state index contributed by atoms with van der Waals surface area (Å²) in [6.45, 7) is 9.54. The summed E-state index contributed by atoms with van der Waals surface area (Å²) >= 11 is 24.9. The molecule has 4 aromatic rings. The number of hydrogen-bond acceptors (Lipinski definition) is 13. The molecule has 12 atom stereocenters. The van der Waals surface area contributed by atoms with Gasteiger partial charge in [-0.1, -0.05) is 86.2 Å². The molecule has 1 unspecified atom stereocenters. The number of aliphatic hydroxyl groups excluding tert-OH is 2. The molecule has 0 bridgehead atoms. The van der Waals surface area contributed by atoms with Crippen molar-refractivity contribution in [1.82, 2.24) is 9.97 Å². The van der Waals surface area contributed by atoms with E-state index in [2.05, 4.69) is 48.3 Å². The van der Waals surface area contributed by atoms with E-state index >= 15 is 8.78 Å². The Kier molecular flexibility index (Phi) is 19.1. The Balaban J connectivity index is 0.000000168. The summed E-state index contributed by atoms with van der Waals surface area (Å²) in [4.78, 5) is 63.6. The van der Waals surface area contributed by atoms with Crippen molar-refractivity contribution in [3.05, 3.63) is 115 Å². The molecule has 16 nitrogen and oxygen atoms in total. The number of nitrogens with two attached hydrogens (primary N) is 1. The Morgan fingerprint density at radius 1 is 0.655 bits per heavy atom. The van der Waals surface area contributed by atoms with E-state index in [1.165, 1.54) is 18.5 Å². The number of rotatable bonds is 10. The smallest absolute Gasteiger partial charge is 0.307 e. The van der Waals surface area contributed by atoms with Crippen molar-refractivity contribution in [2.75, 3.05) is 51.3 Å². The maximum atomic E-state index is 16.1. The predicted molar refractivity (Wildman–Crippen MR) is 326 cm³/mol. The number of aromatic nitrogens is 2. The molecule has 22 heteroatoms. The number of carbonyl (C=O) groups excluding carboxylic acids is 3. The van der Waals surface area contributed by atoms with Crippen LogP contribution in [0.4, 0.5) is 20.2 Å². The van der Waals surface area contributed by atoms with Crippen LogP contribution in [0, 0.1) is 51.0 Å². The molecule has 4 saturated carbocycles. The average molecular weight is 1290 g/mol. The van der Waals surface area contributed by atoms with Gasteiger partial charge in [-0.25, -0.2) is 18.7 Å². The van der Waals surface area contributed by atoms with Gasteiger partial charge >= 0.3 is 5.97 Å². The maximum absolute atomic E-state index is 16.1. The Morgan fingerprint density at radius 3 is 1.52 bits per heavy atom. The van der Waals surface area contributed by atoms with E-state index in [0.29, 0.717) is 65.9 Å². The van der Waals surface area contributed by atoms with Gasteiger partial charge in [0.2, 0.25) is 11.8 Å². The van der Waals surface area contributed by atoms with Gasteiger partial charge in [0.1, 0.15) is 18.0 Å². The highest BCUT2D eigenvalue weighted by molar-refractivity contribution is 6.32. The number of carboxylic acids is 1. The molecule has 12 rings (SSSR count). The van der Waals surface area contributed by atoms with Crippen molar-refractivity contribution in [3.63, 3.8) is 0 Å². The lowest BCUT2D eigenvalue weighted by atomic mass is 9.51. The minimum atomic E-state index is -1.25. The molecule has 2 aromatic heterocycles. The van der Waals surface area contributed by atoms with Crippen LogP contribution in [0.1, 0.15) is 145 Å². The van der Waals surface area contributed by atoms with Crippen molar-refractivity contribution in [2.45, 2.75) is 164 Å². The standard InChI is InChI=1S/C33H39Cl2FN2O5.C25H25Cl2FN2O3.C7H15NO3/c1-31(2)7-9-32(10-8-31)15-21(24(40)12-18-13-25(42-3)26(16-39)43-17-18)27(20-6-11-37-29(35)28(20)36)33(32)22-5-4-19(34)14-23(22)38-30(33)41;1-23(2)6-8-24(9-7-23)12-15(21(31)32)18(14-5-10-29-20(27)19(14)28)25(24)16-4-3-13(26)11-17(16)30-22(25)33;1-10-6-2-5(8)4-11-7(6)3-9/h4-6,11,14,18,21,25-27,39H,7-10,12-13,15-17H2,1-3H3,(H,38,41);3-5,10-11,15,18H,6-9,12H2,1-2H3,(H,30,33)(H,31,32);5-7,9H,2-4,8H2,1H3/t18-,21+,25-,26-,27+,33-;15-,18+,25?;5-,6-,7-/m111/s1. The number of pyridine rings is 2. The fourth-order valence-corrected chi connectivity index (χ4v) is 17.6. The molecular weight excluding hydrogens is 1210 g/mol. The van der Waals surface area contributed by atoms with Gasteiger partial charge in [-0.2, -0.15) is 0 Å². The number of fused-ring (bicyclic) bond motifs is 6. The summed E-state index contributed by atoms with van der Waals surface area (Å²) in [5.74, 6) is -6.49. The van der Waals surface area contributed by atoms with E-state index in [1.54, 1.807) is 50.6 Å². The minimum absolute atomic E-state index is 0.00519. The molecule has 6 fully saturated rings. The third kappa shape index (κ3) is 11.5. The summed E-state index contributed by atoms with van der Waals surface area (Å²) in [5, 5.41) is 35.3. The molecule has 472 valence electrons. The Morgan fingerprint density at radius 2 is 1.08 bits per heavy atom. The number of Topliss-reactive ketones (excluding diaryl/α,β-unsaturated/α-hetero) is 1. The first-order valence-corrected chi connectivity index (χ1v) is 31.6. The van der Waals surface area contributed by atoms with Crippen LogP contribution in [0.25, 0.3) is 0 Å². The van der Waals surface area contributed by atoms with Crippen molar-refractivity contribution in [1.29, 1.82) is 0 Å². The summed E-state index contributed by atoms with van der Waals surface area (Å²) in [6, 6.07) is 13.7. The van der Waals surface area contributed by atoms with E-state index in [1.807, 2.05) is 6.07 Å². The van der Waals surface area contributed by atoms with Crippen LogP contribution in [-0.4, -0.2) is 120 Å². The zero-order chi connectivity index (χ0) is 62.8. The normalized spacial score (nSPS) is 32.2. The third-order valence-electron chi connectivity index (χ3n) is 21.4. The Labute approximate surface area is 526 Å². The van der Waals surface area contributed by atoms with Crippen LogP contribution in [0.5, 0.6) is 0 Å². The number of benzene rings is 2. The van der Waals surface area contributed by atoms with Gasteiger partial charge in [-0.15, -0.1) is 0 Å². The molecule has 2 saturated heterocycles. The van der Waals surface area contributed by atoms with Crippen molar-refractivity contribution in [3.8, 4) is 0 Å².